The number of carboxylic acids is 2. The van der Waals surface area contributed by atoms with Crippen molar-refractivity contribution in [3.8, 4) is 22.3 Å². The van der Waals surface area contributed by atoms with Crippen molar-refractivity contribution < 1.29 is 30.2 Å². The summed E-state index contributed by atoms with van der Waals surface area (Å²) in [5.41, 5.74) is -5.49. The largest absolute Gasteiger partial charge is 0.478 e. The third kappa shape index (κ3) is 2.88. The molecule has 5 aromatic rings. The van der Waals surface area contributed by atoms with Crippen molar-refractivity contribution in [2.75, 3.05) is 0 Å². The third-order valence-corrected chi connectivity index (χ3v) is 5.97. The van der Waals surface area contributed by atoms with Gasteiger partial charge in [0.05, 0.1) is 32.7 Å². The molecule has 12 nitrogen and oxygen atoms in total. The van der Waals surface area contributed by atoms with Crippen LogP contribution >= 0.6 is 0 Å². The van der Waals surface area contributed by atoms with Crippen molar-refractivity contribution >= 4 is 33.5 Å². The third-order valence-electron chi connectivity index (χ3n) is 5.97. The van der Waals surface area contributed by atoms with E-state index in [9.17, 15) is 49.4 Å². The number of nitrogens with zero attached hydrogens (tertiary/aromatic N) is 2. The van der Waals surface area contributed by atoms with Gasteiger partial charge in [0.15, 0.2) is 0 Å². The van der Waals surface area contributed by atoms with E-state index in [0.717, 1.165) is 0 Å². The summed E-state index contributed by atoms with van der Waals surface area (Å²) in [6.45, 7) is 0. The molecule has 0 fully saturated rings. The van der Waals surface area contributed by atoms with Gasteiger partial charge in [-0.05, 0) is 35.4 Å². The van der Waals surface area contributed by atoms with Crippen LogP contribution in [0.4, 0.5) is 0 Å². The van der Waals surface area contributed by atoms with Crippen LogP contribution in [0.3, 0.4) is 0 Å². The van der Waals surface area contributed by atoms with Gasteiger partial charge in [-0.1, -0.05) is 24.3 Å². The highest BCUT2D eigenvalue weighted by Gasteiger charge is 2.30. The molecule has 0 spiro atoms. The normalized spacial score (nSPS) is 11.3. The van der Waals surface area contributed by atoms with Crippen molar-refractivity contribution in [2.24, 2.45) is 0 Å². The summed E-state index contributed by atoms with van der Waals surface area (Å²) < 4.78 is -0.370. The zero-order valence-electron chi connectivity index (χ0n) is 17.8. The predicted octanol–water partition coefficient (Wildman–Crippen LogP) is 1.12. The number of benzene rings is 3. The summed E-state index contributed by atoms with van der Waals surface area (Å²) in [6, 6.07) is 9.67. The summed E-state index contributed by atoms with van der Waals surface area (Å²) in [6.07, 6.45) is 0. The molecule has 178 valence electrons. The molecule has 0 saturated carbocycles. The summed E-state index contributed by atoms with van der Waals surface area (Å²) in [7, 11) is 0. The highest BCUT2D eigenvalue weighted by molar-refractivity contribution is 6.21. The van der Waals surface area contributed by atoms with Gasteiger partial charge in [-0.25, -0.2) is 9.59 Å². The average molecular weight is 488 g/mol. The van der Waals surface area contributed by atoms with Gasteiger partial charge in [-0.2, -0.15) is 0 Å². The molecule has 12 heteroatoms. The lowest BCUT2D eigenvalue weighted by Gasteiger charge is -2.11. The first kappa shape index (κ1) is 22.3. The fourth-order valence-electron chi connectivity index (χ4n) is 4.35. The van der Waals surface area contributed by atoms with E-state index in [1.165, 1.54) is 48.5 Å². The zero-order valence-corrected chi connectivity index (χ0v) is 17.8. The van der Waals surface area contributed by atoms with Gasteiger partial charge in [0.1, 0.15) is 0 Å². The van der Waals surface area contributed by atoms with Crippen LogP contribution in [0.5, 0.6) is 0 Å². The van der Waals surface area contributed by atoms with Crippen molar-refractivity contribution in [2.45, 2.75) is 0 Å². The average Bonchev–Trinajstić information content (AvgIpc) is 3.23. The lowest BCUT2D eigenvalue weighted by Crippen LogP contribution is -2.23. The fourth-order valence-corrected chi connectivity index (χ4v) is 4.35. The van der Waals surface area contributed by atoms with Gasteiger partial charge in [0.2, 0.25) is 0 Å². The summed E-state index contributed by atoms with van der Waals surface area (Å²) in [5.74, 6) is -2.50. The maximum Gasteiger partial charge on any atom is 0.335 e. The quantitative estimate of drug-likeness (QED) is 0.266. The van der Waals surface area contributed by atoms with E-state index >= 15 is 0 Å². The molecule has 0 saturated heterocycles. The fraction of sp³-hybridized carbons (Fsp3) is 0. The van der Waals surface area contributed by atoms with Gasteiger partial charge < -0.3 is 20.6 Å². The maximum absolute atomic E-state index is 13.0. The molecule has 5 rings (SSSR count). The van der Waals surface area contributed by atoms with E-state index in [2.05, 4.69) is 0 Å². The molecule has 4 N–H and O–H groups in total. The maximum atomic E-state index is 13.0. The van der Waals surface area contributed by atoms with Crippen LogP contribution in [0.2, 0.25) is 0 Å². The van der Waals surface area contributed by atoms with Crippen LogP contribution in [-0.4, -0.2) is 42.0 Å². The van der Waals surface area contributed by atoms with Crippen LogP contribution in [-0.2, 0) is 0 Å². The van der Waals surface area contributed by atoms with Crippen LogP contribution in [0, 0.1) is 0 Å². The first-order valence-corrected chi connectivity index (χ1v) is 10.1. The molecule has 0 aliphatic heterocycles. The van der Waals surface area contributed by atoms with E-state index in [1.807, 2.05) is 0 Å². The second-order valence-electron chi connectivity index (χ2n) is 7.86. The number of rotatable bonds is 4. The first-order chi connectivity index (χ1) is 17.0. The van der Waals surface area contributed by atoms with Gasteiger partial charge >= 0.3 is 11.9 Å². The minimum absolute atomic E-state index is 0.0631. The van der Waals surface area contributed by atoms with E-state index in [4.69, 9.17) is 0 Å². The summed E-state index contributed by atoms with van der Waals surface area (Å²) in [5, 5.41) is 36.9. The number of aromatic carboxylic acids is 2. The molecule has 0 aliphatic rings. The predicted molar refractivity (Wildman–Crippen MR) is 124 cm³/mol. The molecular weight excluding hydrogens is 476 g/mol. The molecule has 0 bridgehead atoms. The minimum Gasteiger partial charge on any atom is -0.478 e. The molecule has 0 radical (unpaired) electrons. The highest BCUT2D eigenvalue weighted by Crippen LogP contribution is 2.39. The molecule has 2 aromatic heterocycles. The smallest absolute Gasteiger partial charge is 0.335 e. The Balaban J connectivity index is 2.06. The lowest BCUT2D eigenvalue weighted by atomic mass is 9.89. The SMILES string of the molecule is O=C(O)c1ccc(-c2c3c(=O)n(O)c(=O)c3c(-c3ccc(C(=O)O)cc3)c3c(=O)n(O)c(=O)c23)cc1. The number of hydrogen-bond donors (Lipinski definition) is 4. The van der Waals surface area contributed by atoms with E-state index in [-0.39, 0.29) is 42.8 Å². The van der Waals surface area contributed by atoms with E-state index in [0.29, 0.717) is 0 Å². The van der Waals surface area contributed by atoms with Crippen molar-refractivity contribution in [3.63, 3.8) is 0 Å². The topological polar surface area (TPSA) is 193 Å². The molecule has 0 amide bonds. The standard InChI is InChI=1S/C24H12N2O10/c27-19-15-13(9-1-5-11(6-2-9)23(31)32)16-18(22(30)26(36)20(16)28)14(17(15)21(29)25(19)35)10-3-7-12(8-4-10)24(33)34/h1-8,35-36H,(H,31,32)(H,33,34). The van der Waals surface area contributed by atoms with E-state index < -0.39 is 55.7 Å². The van der Waals surface area contributed by atoms with Gasteiger partial charge in [-0.3, -0.25) is 19.2 Å². The van der Waals surface area contributed by atoms with Crippen molar-refractivity contribution in [1.29, 1.82) is 0 Å². The number of carboxylic acid groups (broad SMARTS) is 2. The Morgan fingerprint density at radius 2 is 0.750 bits per heavy atom. The molecule has 3 aromatic carbocycles. The Morgan fingerprint density at radius 1 is 0.500 bits per heavy atom. The van der Waals surface area contributed by atoms with Crippen molar-refractivity contribution in [3.05, 3.63) is 101 Å². The molecular formula is C24H12N2O10. The Morgan fingerprint density at radius 3 is 0.972 bits per heavy atom. The Kier molecular flexibility index (Phi) is 4.64. The lowest BCUT2D eigenvalue weighted by molar-refractivity contribution is 0.0686. The minimum atomic E-state index is -1.25. The molecule has 0 aliphatic carbocycles. The van der Waals surface area contributed by atoms with E-state index in [1.54, 1.807) is 0 Å². The highest BCUT2D eigenvalue weighted by atomic mass is 16.5. The number of fused-ring (bicyclic) bond motifs is 2. The van der Waals surface area contributed by atoms with Gasteiger partial charge in [0, 0.05) is 11.1 Å². The monoisotopic (exact) mass is 488 g/mol. The van der Waals surface area contributed by atoms with Crippen LogP contribution in [0.25, 0.3) is 43.8 Å². The van der Waals surface area contributed by atoms with Crippen LogP contribution in [0.1, 0.15) is 20.7 Å². The summed E-state index contributed by atoms with van der Waals surface area (Å²) in [4.78, 5) is 74.4. The molecule has 0 unspecified atom stereocenters. The number of hydrogen-bond acceptors (Lipinski definition) is 8. The Labute approximate surface area is 197 Å². The summed E-state index contributed by atoms with van der Waals surface area (Å²) >= 11 is 0. The van der Waals surface area contributed by atoms with Gasteiger partial charge in [0.25, 0.3) is 22.2 Å². The second kappa shape index (κ2) is 7.50. The Bertz CT molecular complexity index is 1740. The second-order valence-corrected chi connectivity index (χ2v) is 7.86. The number of carbonyl (C=O) groups is 2. The number of aromatic nitrogens is 2. The Hall–Kier alpha value is -5.52. The zero-order chi connectivity index (χ0) is 26.0. The molecule has 36 heavy (non-hydrogen) atoms. The van der Waals surface area contributed by atoms with Gasteiger partial charge in [-0.15, -0.1) is 9.46 Å². The van der Waals surface area contributed by atoms with Crippen molar-refractivity contribution in [1.82, 2.24) is 9.46 Å². The molecule has 2 heterocycles. The van der Waals surface area contributed by atoms with Crippen LogP contribution in [0.15, 0.2) is 67.7 Å². The van der Waals surface area contributed by atoms with Crippen LogP contribution < -0.4 is 22.2 Å². The first-order valence-electron chi connectivity index (χ1n) is 10.1. The molecule has 0 atom stereocenters.